The average Bonchev–Trinajstić information content (AvgIpc) is 3.21. The maximum absolute atomic E-state index is 12.4. The van der Waals surface area contributed by atoms with Crippen molar-refractivity contribution >= 4 is 52.5 Å². The van der Waals surface area contributed by atoms with E-state index < -0.39 is 5.97 Å². The Balaban J connectivity index is 1.41. The van der Waals surface area contributed by atoms with Gasteiger partial charge in [0.15, 0.2) is 5.16 Å². The molecule has 4 rings (SSSR count). The van der Waals surface area contributed by atoms with E-state index >= 15 is 0 Å². The normalized spacial score (nSPS) is 11.1. The van der Waals surface area contributed by atoms with Gasteiger partial charge in [-0.15, -0.1) is 0 Å². The number of hydrogen-bond donors (Lipinski definition) is 1. The van der Waals surface area contributed by atoms with Crippen LogP contribution in [-0.2, 0) is 16.1 Å². The van der Waals surface area contributed by atoms with Crippen LogP contribution in [0.5, 0.6) is 0 Å². The van der Waals surface area contributed by atoms with Gasteiger partial charge < -0.3 is 9.30 Å². The van der Waals surface area contributed by atoms with Crippen LogP contribution in [0.4, 0.5) is 0 Å². The molecular weight excluding hydrogens is 472 g/mol. The monoisotopic (exact) mass is 492 g/mol. The minimum absolute atomic E-state index is 0.143. The molecule has 1 heterocycles. The molecule has 1 N–H and O–H groups in total. The van der Waals surface area contributed by atoms with Gasteiger partial charge in [-0.2, -0.15) is 5.10 Å². The number of carbonyl (C=O) groups is 2. The number of carbonyl (C=O) groups excluding carboxylic acids is 2. The summed E-state index contributed by atoms with van der Waals surface area (Å²) in [6.07, 6.45) is 1.51. The van der Waals surface area contributed by atoms with Gasteiger partial charge in [0.2, 0.25) is 0 Å². The van der Waals surface area contributed by atoms with E-state index in [1.807, 2.05) is 48.5 Å². The lowest BCUT2D eigenvalue weighted by Crippen LogP contribution is -2.20. The zero-order valence-electron chi connectivity index (χ0n) is 18.3. The van der Waals surface area contributed by atoms with E-state index in [9.17, 15) is 9.59 Å². The second-order valence-electron chi connectivity index (χ2n) is 7.26. The van der Waals surface area contributed by atoms with Crippen molar-refractivity contribution in [3.8, 4) is 0 Å². The fourth-order valence-corrected chi connectivity index (χ4v) is 4.28. The van der Waals surface area contributed by atoms with Crippen LogP contribution in [0.3, 0.4) is 0 Å². The zero-order valence-corrected chi connectivity index (χ0v) is 19.8. The van der Waals surface area contributed by atoms with E-state index in [0.29, 0.717) is 17.1 Å². The Bertz CT molecular complexity index is 1350. The molecule has 3 aromatic carbocycles. The second kappa shape index (κ2) is 11.0. The maximum atomic E-state index is 12.4. The summed E-state index contributed by atoms with van der Waals surface area (Å²) in [5, 5.41) is 5.40. The number of esters is 1. The summed E-state index contributed by atoms with van der Waals surface area (Å²) in [6, 6.07) is 22.2. The number of ether oxygens (including phenoxy) is 1. The standard InChI is InChI=1S/C25H21ClN4O3S/c1-33-24(32)18-12-10-17(11-13-18)14-27-29-23(31)16-34-25-28-21-8-4-5-9-22(21)30(25)15-19-6-2-3-7-20(19)26/h2-14H,15-16H2,1H3,(H,29,31). The lowest BCUT2D eigenvalue weighted by Gasteiger charge is -2.10. The summed E-state index contributed by atoms with van der Waals surface area (Å²) in [6.45, 7) is 0.545. The van der Waals surface area contributed by atoms with Gasteiger partial charge in [0.25, 0.3) is 5.91 Å². The van der Waals surface area contributed by atoms with E-state index in [4.69, 9.17) is 16.6 Å². The molecule has 9 heteroatoms. The summed E-state index contributed by atoms with van der Waals surface area (Å²) in [5.41, 5.74) is 6.50. The molecule has 7 nitrogen and oxygen atoms in total. The number of para-hydroxylation sites is 2. The number of hydrazone groups is 1. The van der Waals surface area contributed by atoms with Gasteiger partial charge in [-0.25, -0.2) is 15.2 Å². The SMILES string of the molecule is COC(=O)c1ccc(C=NNC(=O)CSc2nc3ccccc3n2Cc2ccccc2Cl)cc1. The van der Waals surface area contributed by atoms with Crippen LogP contribution in [0, 0.1) is 0 Å². The van der Waals surface area contributed by atoms with Gasteiger partial charge in [0, 0.05) is 5.02 Å². The van der Waals surface area contributed by atoms with Crippen molar-refractivity contribution < 1.29 is 14.3 Å². The lowest BCUT2D eigenvalue weighted by molar-refractivity contribution is -0.118. The number of rotatable bonds is 8. The largest absolute Gasteiger partial charge is 0.465 e. The van der Waals surface area contributed by atoms with Crippen molar-refractivity contribution in [2.75, 3.05) is 12.9 Å². The number of amides is 1. The number of hydrogen-bond acceptors (Lipinski definition) is 6. The molecule has 0 saturated carbocycles. The van der Waals surface area contributed by atoms with E-state index in [-0.39, 0.29) is 11.7 Å². The van der Waals surface area contributed by atoms with Crippen LogP contribution in [0.1, 0.15) is 21.5 Å². The summed E-state index contributed by atoms with van der Waals surface area (Å²) < 4.78 is 6.73. The maximum Gasteiger partial charge on any atom is 0.337 e. The molecule has 1 aromatic heterocycles. The van der Waals surface area contributed by atoms with Crippen molar-refractivity contribution in [1.82, 2.24) is 15.0 Å². The third-order valence-electron chi connectivity index (χ3n) is 4.97. The van der Waals surface area contributed by atoms with Gasteiger partial charge in [-0.1, -0.05) is 65.8 Å². The summed E-state index contributed by atoms with van der Waals surface area (Å²) in [7, 11) is 1.33. The van der Waals surface area contributed by atoms with Crippen molar-refractivity contribution in [2.45, 2.75) is 11.7 Å². The minimum atomic E-state index is -0.408. The molecule has 0 saturated heterocycles. The Hall–Kier alpha value is -3.62. The summed E-state index contributed by atoms with van der Waals surface area (Å²) in [5.74, 6) is -0.525. The number of imidazole rings is 1. The van der Waals surface area contributed by atoms with Gasteiger partial charge in [0.05, 0.1) is 42.2 Å². The van der Waals surface area contributed by atoms with Crippen LogP contribution in [-0.4, -0.2) is 40.5 Å². The molecule has 0 bridgehead atoms. The molecular formula is C25H21ClN4O3S. The smallest absolute Gasteiger partial charge is 0.337 e. The first-order valence-electron chi connectivity index (χ1n) is 10.4. The van der Waals surface area contributed by atoms with Gasteiger partial charge >= 0.3 is 5.97 Å². The minimum Gasteiger partial charge on any atom is -0.465 e. The predicted octanol–water partition coefficient (Wildman–Crippen LogP) is 4.77. The number of benzene rings is 3. The van der Waals surface area contributed by atoms with E-state index in [1.165, 1.54) is 25.1 Å². The Morgan fingerprint density at radius 3 is 2.59 bits per heavy atom. The number of fused-ring (bicyclic) bond motifs is 1. The Morgan fingerprint density at radius 1 is 1.09 bits per heavy atom. The quantitative estimate of drug-likeness (QED) is 0.166. The van der Waals surface area contributed by atoms with E-state index in [2.05, 4.69) is 19.8 Å². The third kappa shape index (κ3) is 5.65. The highest BCUT2D eigenvalue weighted by atomic mass is 35.5. The van der Waals surface area contributed by atoms with Gasteiger partial charge in [-0.05, 0) is 41.5 Å². The second-order valence-corrected chi connectivity index (χ2v) is 8.61. The Kier molecular flexibility index (Phi) is 7.61. The van der Waals surface area contributed by atoms with Crippen molar-refractivity contribution in [1.29, 1.82) is 0 Å². The van der Waals surface area contributed by atoms with Crippen LogP contribution in [0.25, 0.3) is 11.0 Å². The summed E-state index contributed by atoms with van der Waals surface area (Å²) in [4.78, 5) is 28.5. The highest BCUT2D eigenvalue weighted by Crippen LogP contribution is 2.27. The molecule has 0 aliphatic rings. The molecule has 0 fully saturated rings. The fraction of sp³-hybridized carbons (Fsp3) is 0.120. The molecule has 0 unspecified atom stereocenters. The fourth-order valence-electron chi connectivity index (χ4n) is 3.28. The number of thioether (sulfide) groups is 1. The number of nitrogens with zero attached hydrogens (tertiary/aromatic N) is 3. The first-order valence-corrected chi connectivity index (χ1v) is 11.7. The van der Waals surface area contributed by atoms with Crippen molar-refractivity contribution in [2.24, 2.45) is 5.10 Å². The van der Waals surface area contributed by atoms with Crippen LogP contribution in [0.2, 0.25) is 5.02 Å². The number of aromatic nitrogens is 2. The summed E-state index contributed by atoms with van der Waals surface area (Å²) >= 11 is 7.70. The number of halogens is 1. The molecule has 172 valence electrons. The first-order chi connectivity index (χ1) is 16.5. The topological polar surface area (TPSA) is 85.6 Å². The molecule has 4 aromatic rings. The number of nitrogens with one attached hydrogen (secondary N) is 1. The average molecular weight is 493 g/mol. The van der Waals surface area contributed by atoms with Crippen molar-refractivity contribution in [3.05, 3.63) is 94.5 Å². The molecule has 0 spiro atoms. The van der Waals surface area contributed by atoms with Gasteiger partial charge in [-0.3, -0.25) is 4.79 Å². The molecule has 0 aliphatic carbocycles. The molecule has 0 radical (unpaired) electrons. The van der Waals surface area contributed by atoms with Gasteiger partial charge in [0.1, 0.15) is 0 Å². The zero-order chi connectivity index (χ0) is 23.9. The Morgan fingerprint density at radius 2 is 1.82 bits per heavy atom. The number of methoxy groups -OCH3 is 1. The third-order valence-corrected chi connectivity index (χ3v) is 6.32. The highest BCUT2D eigenvalue weighted by molar-refractivity contribution is 7.99. The van der Waals surface area contributed by atoms with Crippen LogP contribution >= 0.6 is 23.4 Å². The van der Waals surface area contributed by atoms with Crippen LogP contribution in [0.15, 0.2) is 83.1 Å². The van der Waals surface area contributed by atoms with Crippen LogP contribution < -0.4 is 5.43 Å². The van der Waals surface area contributed by atoms with Crippen molar-refractivity contribution in [3.63, 3.8) is 0 Å². The van der Waals surface area contributed by atoms with E-state index in [1.54, 1.807) is 24.3 Å². The first kappa shape index (κ1) is 23.5. The lowest BCUT2D eigenvalue weighted by atomic mass is 10.1. The van der Waals surface area contributed by atoms with E-state index in [0.717, 1.165) is 27.3 Å². The molecule has 34 heavy (non-hydrogen) atoms. The predicted molar refractivity (Wildman–Crippen MR) is 135 cm³/mol. The molecule has 0 atom stereocenters. The highest BCUT2D eigenvalue weighted by Gasteiger charge is 2.14. The Labute approximate surface area is 205 Å². The molecule has 1 amide bonds. The molecule has 0 aliphatic heterocycles.